The van der Waals surface area contributed by atoms with Crippen LogP contribution in [0.5, 0.6) is 0 Å². The van der Waals surface area contributed by atoms with Crippen molar-refractivity contribution >= 4 is 11.7 Å². The molecule has 0 aromatic heterocycles. The van der Waals surface area contributed by atoms with E-state index >= 15 is 0 Å². The van der Waals surface area contributed by atoms with Gasteiger partial charge in [0.1, 0.15) is 5.84 Å². The molecule has 1 amide bonds. The van der Waals surface area contributed by atoms with Crippen LogP contribution in [0.1, 0.15) is 39.0 Å². The van der Waals surface area contributed by atoms with E-state index in [1.54, 1.807) is 0 Å². The maximum Gasteiger partial charge on any atom is 0.230 e. The second-order valence-corrected chi connectivity index (χ2v) is 4.02. The minimum Gasteiger partial charge on any atom is -0.314 e. The lowest BCUT2D eigenvalue weighted by molar-refractivity contribution is -0.124. The van der Waals surface area contributed by atoms with E-state index in [0.29, 0.717) is 0 Å². The van der Waals surface area contributed by atoms with Crippen molar-refractivity contribution in [2.75, 3.05) is 0 Å². The van der Waals surface area contributed by atoms with Gasteiger partial charge in [-0.25, -0.2) is 0 Å². The van der Waals surface area contributed by atoms with Crippen LogP contribution in [0, 0.1) is 5.92 Å². The minimum atomic E-state index is 0.159. The van der Waals surface area contributed by atoms with E-state index in [1.807, 2.05) is 6.92 Å². The molecule has 72 valence electrons. The first-order valence-corrected chi connectivity index (χ1v) is 5.12. The van der Waals surface area contributed by atoms with E-state index in [4.69, 9.17) is 0 Å². The zero-order chi connectivity index (χ0) is 9.26. The fraction of sp³-hybridized carbons (Fsp3) is 0.800. The van der Waals surface area contributed by atoms with E-state index in [-0.39, 0.29) is 17.9 Å². The Bertz CT molecular complexity index is 247. The number of nitrogens with zero attached hydrogens (tertiary/aromatic N) is 1. The number of hydrogen-bond donors (Lipinski definition) is 1. The molecule has 13 heavy (non-hydrogen) atoms. The van der Waals surface area contributed by atoms with Gasteiger partial charge in [-0.3, -0.25) is 9.79 Å². The molecular formula is C10H16N2O. The van der Waals surface area contributed by atoms with Gasteiger partial charge < -0.3 is 5.32 Å². The highest BCUT2D eigenvalue weighted by Crippen LogP contribution is 2.27. The fourth-order valence-electron chi connectivity index (χ4n) is 2.30. The predicted molar refractivity (Wildman–Crippen MR) is 51.6 cm³/mol. The van der Waals surface area contributed by atoms with Crippen LogP contribution >= 0.6 is 0 Å². The van der Waals surface area contributed by atoms with E-state index in [0.717, 1.165) is 18.7 Å². The molecule has 1 saturated carbocycles. The average molecular weight is 180 g/mol. The second kappa shape index (κ2) is 3.48. The number of hydrogen-bond acceptors (Lipinski definition) is 2. The van der Waals surface area contributed by atoms with Gasteiger partial charge in [-0.15, -0.1) is 0 Å². The number of amides is 1. The van der Waals surface area contributed by atoms with Crippen molar-refractivity contribution in [3.05, 3.63) is 0 Å². The molecule has 1 heterocycles. The Morgan fingerprint density at radius 1 is 1.31 bits per heavy atom. The van der Waals surface area contributed by atoms with Crippen molar-refractivity contribution in [2.24, 2.45) is 10.9 Å². The van der Waals surface area contributed by atoms with E-state index in [9.17, 15) is 4.79 Å². The van der Waals surface area contributed by atoms with Gasteiger partial charge >= 0.3 is 0 Å². The third-order valence-electron chi connectivity index (χ3n) is 2.98. The number of amidine groups is 1. The smallest absolute Gasteiger partial charge is 0.230 e. The topological polar surface area (TPSA) is 41.5 Å². The summed E-state index contributed by atoms with van der Waals surface area (Å²) in [6.07, 6.45) is 5.78. The number of rotatable bonds is 0. The van der Waals surface area contributed by atoms with Gasteiger partial charge in [-0.2, -0.15) is 0 Å². The maximum atomic E-state index is 11.6. The van der Waals surface area contributed by atoms with Crippen molar-refractivity contribution in [1.29, 1.82) is 0 Å². The lowest BCUT2D eigenvalue weighted by Crippen LogP contribution is -2.44. The van der Waals surface area contributed by atoms with E-state index in [1.165, 1.54) is 19.3 Å². The SMILES string of the molecule is CC1=NC2CCCCCC2C(=O)N1. The summed E-state index contributed by atoms with van der Waals surface area (Å²) in [6.45, 7) is 1.87. The quantitative estimate of drug-likeness (QED) is 0.602. The highest BCUT2D eigenvalue weighted by atomic mass is 16.2. The van der Waals surface area contributed by atoms with Gasteiger partial charge in [-0.05, 0) is 19.8 Å². The first kappa shape index (κ1) is 8.73. The summed E-state index contributed by atoms with van der Waals surface area (Å²) in [5, 5.41) is 2.82. The lowest BCUT2D eigenvalue weighted by atomic mass is 9.93. The average Bonchev–Trinajstić information content (AvgIpc) is 2.28. The molecule has 1 N–H and O–H groups in total. The number of nitrogens with one attached hydrogen (secondary N) is 1. The third-order valence-corrected chi connectivity index (χ3v) is 2.98. The molecule has 0 aromatic rings. The van der Waals surface area contributed by atoms with Crippen molar-refractivity contribution in [1.82, 2.24) is 5.32 Å². The molecule has 0 radical (unpaired) electrons. The molecule has 2 atom stereocenters. The number of carbonyl (C=O) groups is 1. The molecule has 1 aliphatic heterocycles. The Balaban J connectivity index is 2.18. The number of fused-ring (bicyclic) bond motifs is 1. The molecule has 0 spiro atoms. The molecule has 0 bridgehead atoms. The Kier molecular flexibility index (Phi) is 2.34. The van der Waals surface area contributed by atoms with Gasteiger partial charge in [0.2, 0.25) is 5.91 Å². The van der Waals surface area contributed by atoms with Crippen LogP contribution in [0.2, 0.25) is 0 Å². The zero-order valence-corrected chi connectivity index (χ0v) is 8.05. The summed E-state index contributed by atoms with van der Waals surface area (Å²) in [5.41, 5.74) is 0. The van der Waals surface area contributed by atoms with E-state index in [2.05, 4.69) is 10.3 Å². The molecular weight excluding hydrogens is 164 g/mol. The van der Waals surface area contributed by atoms with Crippen LogP contribution in [-0.4, -0.2) is 17.8 Å². The highest BCUT2D eigenvalue weighted by Gasteiger charge is 2.32. The normalized spacial score (nSPS) is 34.2. The first-order valence-electron chi connectivity index (χ1n) is 5.12. The molecule has 3 heteroatoms. The molecule has 2 rings (SSSR count). The zero-order valence-electron chi connectivity index (χ0n) is 8.05. The fourth-order valence-corrected chi connectivity index (χ4v) is 2.30. The molecule has 2 unspecified atom stereocenters. The molecule has 2 aliphatic rings. The summed E-state index contributed by atoms with van der Waals surface area (Å²) in [6, 6.07) is 0.274. The summed E-state index contributed by atoms with van der Waals surface area (Å²) in [5.74, 6) is 1.15. The second-order valence-electron chi connectivity index (χ2n) is 4.02. The molecule has 1 aliphatic carbocycles. The molecule has 0 saturated heterocycles. The van der Waals surface area contributed by atoms with Crippen LogP contribution < -0.4 is 5.32 Å². The van der Waals surface area contributed by atoms with Gasteiger partial charge in [0.15, 0.2) is 0 Å². The Labute approximate surface area is 78.6 Å². The predicted octanol–water partition coefficient (Wildman–Crippen LogP) is 1.48. The first-order chi connectivity index (χ1) is 6.27. The Morgan fingerprint density at radius 3 is 2.92 bits per heavy atom. The standard InChI is InChI=1S/C10H16N2O/c1-7-11-9-6-4-2-3-5-8(9)10(13)12-7/h8-9H,2-6H2,1H3,(H,11,12,13). The van der Waals surface area contributed by atoms with Gasteiger partial charge in [0.25, 0.3) is 0 Å². The van der Waals surface area contributed by atoms with Gasteiger partial charge in [0, 0.05) is 0 Å². The Hall–Kier alpha value is -0.860. The monoisotopic (exact) mass is 180 g/mol. The van der Waals surface area contributed by atoms with Crippen molar-refractivity contribution < 1.29 is 4.79 Å². The largest absolute Gasteiger partial charge is 0.314 e. The maximum absolute atomic E-state index is 11.6. The third kappa shape index (κ3) is 1.74. The summed E-state index contributed by atoms with van der Waals surface area (Å²) in [4.78, 5) is 16.1. The highest BCUT2D eigenvalue weighted by molar-refractivity contribution is 6.00. The molecule has 0 aromatic carbocycles. The number of aliphatic imine (C=N–C) groups is 1. The van der Waals surface area contributed by atoms with Crippen LogP contribution in [0.15, 0.2) is 4.99 Å². The number of carbonyl (C=O) groups excluding carboxylic acids is 1. The summed E-state index contributed by atoms with van der Waals surface area (Å²) >= 11 is 0. The van der Waals surface area contributed by atoms with Crippen molar-refractivity contribution in [2.45, 2.75) is 45.1 Å². The minimum absolute atomic E-state index is 0.159. The summed E-state index contributed by atoms with van der Waals surface area (Å²) < 4.78 is 0. The molecule has 3 nitrogen and oxygen atoms in total. The van der Waals surface area contributed by atoms with Gasteiger partial charge in [-0.1, -0.05) is 19.3 Å². The van der Waals surface area contributed by atoms with Crippen LogP contribution in [-0.2, 0) is 4.79 Å². The van der Waals surface area contributed by atoms with Crippen LogP contribution in [0.3, 0.4) is 0 Å². The molecule has 1 fully saturated rings. The summed E-state index contributed by atoms with van der Waals surface area (Å²) in [7, 11) is 0. The Morgan fingerprint density at radius 2 is 2.08 bits per heavy atom. The van der Waals surface area contributed by atoms with Crippen molar-refractivity contribution in [3.8, 4) is 0 Å². The van der Waals surface area contributed by atoms with Crippen LogP contribution in [0.4, 0.5) is 0 Å². The lowest BCUT2D eigenvalue weighted by Gasteiger charge is -2.26. The van der Waals surface area contributed by atoms with Gasteiger partial charge in [0.05, 0.1) is 12.0 Å². The van der Waals surface area contributed by atoms with Crippen LogP contribution in [0.25, 0.3) is 0 Å². The van der Waals surface area contributed by atoms with E-state index < -0.39 is 0 Å². The van der Waals surface area contributed by atoms with Crippen molar-refractivity contribution in [3.63, 3.8) is 0 Å².